The quantitative estimate of drug-likeness (QED) is 0.640. The van der Waals surface area contributed by atoms with Crippen LogP contribution in [0.25, 0.3) is 10.2 Å². The normalized spacial score (nSPS) is 15.1. The number of fused-ring (bicyclic) bond motifs is 3. The van der Waals surface area contributed by atoms with Crippen molar-refractivity contribution in [1.29, 1.82) is 0 Å². The van der Waals surface area contributed by atoms with Crippen LogP contribution in [0, 0.1) is 0 Å². The molecule has 1 aliphatic rings. The van der Waals surface area contributed by atoms with E-state index in [1.807, 2.05) is 0 Å². The first kappa shape index (κ1) is 7.26. The Hall–Kier alpha value is -1.16. The van der Waals surface area contributed by atoms with E-state index < -0.39 is 0 Å². The summed E-state index contributed by atoms with van der Waals surface area (Å²) in [7, 11) is 0. The molecule has 0 aliphatic heterocycles. The molecule has 0 bridgehead atoms. The number of hydrogen-bond acceptors (Lipinski definition) is 4. The molecule has 13 heavy (non-hydrogen) atoms. The van der Waals surface area contributed by atoms with Crippen molar-refractivity contribution in [2.45, 2.75) is 19.3 Å². The maximum atomic E-state index is 11.4. The SMILES string of the molecule is O=c1ocnc2sc3c(c12)CCC3. The fraction of sp³-hybridized carbons (Fsp3) is 0.333. The Bertz CT molecular complexity index is 526. The Labute approximate surface area is 78.0 Å². The average molecular weight is 193 g/mol. The van der Waals surface area contributed by atoms with E-state index in [1.165, 1.54) is 16.8 Å². The Kier molecular flexibility index (Phi) is 1.35. The van der Waals surface area contributed by atoms with Crippen molar-refractivity contribution in [1.82, 2.24) is 4.98 Å². The highest BCUT2D eigenvalue weighted by molar-refractivity contribution is 7.18. The number of aryl methyl sites for hydroxylation is 2. The first-order chi connectivity index (χ1) is 6.36. The summed E-state index contributed by atoms with van der Waals surface area (Å²) in [5.41, 5.74) is 0.950. The summed E-state index contributed by atoms with van der Waals surface area (Å²) in [6, 6.07) is 0. The largest absolute Gasteiger partial charge is 0.411 e. The van der Waals surface area contributed by atoms with E-state index >= 15 is 0 Å². The average Bonchev–Trinajstić information content (AvgIpc) is 2.62. The van der Waals surface area contributed by atoms with Gasteiger partial charge in [0, 0.05) is 4.88 Å². The fourth-order valence-corrected chi connectivity index (χ4v) is 3.08. The van der Waals surface area contributed by atoms with Crippen LogP contribution in [0.15, 0.2) is 15.6 Å². The van der Waals surface area contributed by atoms with Crippen molar-refractivity contribution in [3.8, 4) is 0 Å². The van der Waals surface area contributed by atoms with Crippen LogP contribution in [0.5, 0.6) is 0 Å². The lowest BCUT2D eigenvalue weighted by Crippen LogP contribution is -1.99. The molecule has 0 spiro atoms. The van der Waals surface area contributed by atoms with Crippen LogP contribution in [-0.2, 0) is 12.8 Å². The predicted octanol–water partition coefficient (Wildman–Crippen LogP) is 1.74. The second kappa shape index (κ2) is 2.42. The van der Waals surface area contributed by atoms with Gasteiger partial charge in [-0.05, 0) is 24.8 Å². The lowest BCUT2D eigenvalue weighted by molar-refractivity contribution is 0.501. The fourth-order valence-electron chi connectivity index (χ4n) is 1.87. The number of rotatable bonds is 0. The molecule has 3 nitrogen and oxygen atoms in total. The monoisotopic (exact) mass is 193 g/mol. The molecule has 2 heterocycles. The Morgan fingerprint density at radius 2 is 2.38 bits per heavy atom. The highest BCUT2D eigenvalue weighted by Crippen LogP contribution is 2.34. The zero-order valence-electron chi connectivity index (χ0n) is 6.87. The molecule has 0 radical (unpaired) electrons. The lowest BCUT2D eigenvalue weighted by atomic mass is 10.2. The van der Waals surface area contributed by atoms with Gasteiger partial charge in [0.2, 0.25) is 0 Å². The minimum atomic E-state index is -0.232. The number of nitrogens with zero attached hydrogens (tertiary/aromatic N) is 1. The van der Waals surface area contributed by atoms with Gasteiger partial charge in [0.15, 0.2) is 6.39 Å². The van der Waals surface area contributed by atoms with Crippen LogP contribution in [0.3, 0.4) is 0 Å². The molecule has 0 saturated heterocycles. The standard InChI is InChI=1S/C9H7NO2S/c11-9-7-5-2-1-3-6(5)13-8(7)10-4-12-9/h4H,1-3H2. The van der Waals surface area contributed by atoms with E-state index in [9.17, 15) is 4.79 Å². The molecule has 0 unspecified atom stereocenters. The van der Waals surface area contributed by atoms with Gasteiger partial charge in [-0.3, -0.25) is 0 Å². The van der Waals surface area contributed by atoms with E-state index in [0.717, 1.165) is 29.5 Å². The molecule has 2 aromatic heterocycles. The van der Waals surface area contributed by atoms with Crippen LogP contribution < -0.4 is 5.63 Å². The molecular weight excluding hydrogens is 186 g/mol. The molecule has 1 aliphatic carbocycles. The summed E-state index contributed by atoms with van der Waals surface area (Å²) in [5, 5.41) is 0.722. The molecule has 0 saturated carbocycles. The Morgan fingerprint density at radius 3 is 3.31 bits per heavy atom. The molecule has 3 rings (SSSR count). The number of thiophene rings is 1. The van der Waals surface area contributed by atoms with Crippen LogP contribution in [0.2, 0.25) is 0 Å². The smallest absolute Gasteiger partial charge is 0.347 e. The van der Waals surface area contributed by atoms with Gasteiger partial charge < -0.3 is 4.42 Å². The number of aromatic nitrogens is 1. The van der Waals surface area contributed by atoms with E-state index in [4.69, 9.17) is 4.42 Å². The van der Waals surface area contributed by atoms with E-state index in [0.29, 0.717) is 0 Å². The minimum Gasteiger partial charge on any atom is -0.411 e. The van der Waals surface area contributed by atoms with Crippen LogP contribution >= 0.6 is 11.3 Å². The predicted molar refractivity (Wildman–Crippen MR) is 50.2 cm³/mol. The molecule has 0 fully saturated rings. The van der Waals surface area contributed by atoms with Gasteiger partial charge in [-0.25, -0.2) is 9.78 Å². The van der Waals surface area contributed by atoms with Gasteiger partial charge >= 0.3 is 5.63 Å². The molecule has 66 valence electrons. The molecule has 4 heteroatoms. The third kappa shape index (κ3) is 0.891. The van der Waals surface area contributed by atoms with Gasteiger partial charge in [-0.2, -0.15) is 0 Å². The summed E-state index contributed by atoms with van der Waals surface area (Å²) in [6.45, 7) is 0. The van der Waals surface area contributed by atoms with Crippen molar-refractivity contribution < 1.29 is 4.42 Å². The van der Waals surface area contributed by atoms with Crippen LogP contribution in [0.4, 0.5) is 0 Å². The summed E-state index contributed by atoms with van der Waals surface area (Å²) < 4.78 is 4.76. The highest BCUT2D eigenvalue weighted by atomic mass is 32.1. The van der Waals surface area contributed by atoms with Gasteiger partial charge in [-0.1, -0.05) is 0 Å². The summed E-state index contributed by atoms with van der Waals surface area (Å²) in [5.74, 6) is 0. The Balaban J connectivity index is 2.53. The van der Waals surface area contributed by atoms with E-state index in [-0.39, 0.29) is 5.63 Å². The lowest BCUT2D eigenvalue weighted by Gasteiger charge is -1.88. The molecule has 0 atom stereocenters. The molecule has 2 aromatic rings. The van der Waals surface area contributed by atoms with Crippen molar-refractivity contribution in [3.63, 3.8) is 0 Å². The van der Waals surface area contributed by atoms with Gasteiger partial charge in [0.05, 0.1) is 0 Å². The maximum Gasteiger partial charge on any atom is 0.347 e. The van der Waals surface area contributed by atoms with Crippen molar-refractivity contribution in [2.24, 2.45) is 0 Å². The summed E-state index contributed by atoms with van der Waals surface area (Å²) in [6.07, 6.45) is 4.49. The zero-order chi connectivity index (χ0) is 8.84. The maximum absolute atomic E-state index is 11.4. The minimum absolute atomic E-state index is 0.232. The molecule has 0 N–H and O–H groups in total. The summed E-state index contributed by atoms with van der Waals surface area (Å²) in [4.78, 5) is 17.6. The summed E-state index contributed by atoms with van der Waals surface area (Å²) >= 11 is 1.63. The third-order valence-electron chi connectivity index (χ3n) is 2.44. The van der Waals surface area contributed by atoms with Crippen LogP contribution in [-0.4, -0.2) is 4.98 Å². The van der Waals surface area contributed by atoms with Gasteiger partial charge in [0.25, 0.3) is 0 Å². The van der Waals surface area contributed by atoms with E-state index in [2.05, 4.69) is 4.98 Å². The van der Waals surface area contributed by atoms with Gasteiger partial charge in [0.1, 0.15) is 10.2 Å². The second-order valence-corrected chi connectivity index (χ2v) is 4.26. The zero-order valence-corrected chi connectivity index (χ0v) is 7.69. The van der Waals surface area contributed by atoms with Crippen molar-refractivity contribution in [3.05, 3.63) is 27.3 Å². The highest BCUT2D eigenvalue weighted by Gasteiger charge is 2.20. The van der Waals surface area contributed by atoms with Crippen LogP contribution in [0.1, 0.15) is 16.9 Å². The third-order valence-corrected chi connectivity index (χ3v) is 3.64. The van der Waals surface area contributed by atoms with Crippen molar-refractivity contribution >= 4 is 21.6 Å². The van der Waals surface area contributed by atoms with E-state index in [1.54, 1.807) is 11.3 Å². The molecule has 0 amide bonds. The Morgan fingerprint density at radius 1 is 1.46 bits per heavy atom. The topological polar surface area (TPSA) is 43.1 Å². The molecule has 0 aromatic carbocycles. The second-order valence-electron chi connectivity index (χ2n) is 3.18. The first-order valence-electron chi connectivity index (χ1n) is 4.24. The van der Waals surface area contributed by atoms with Crippen molar-refractivity contribution in [2.75, 3.05) is 0 Å². The number of hydrogen-bond donors (Lipinski definition) is 0. The first-order valence-corrected chi connectivity index (χ1v) is 5.06. The van der Waals surface area contributed by atoms with Gasteiger partial charge in [-0.15, -0.1) is 11.3 Å². The molecular formula is C9H7NO2S.